The van der Waals surface area contributed by atoms with Crippen LogP contribution in [-0.4, -0.2) is 72.8 Å². The molecule has 1 aliphatic carbocycles. The van der Waals surface area contributed by atoms with Gasteiger partial charge in [0.15, 0.2) is 11.6 Å². The average Bonchev–Trinajstić information content (AvgIpc) is 3.33. The topological polar surface area (TPSA) is 123 Å². The zero-order valence-electron chi connectivity index (χ0n) is 21.0. The summed E-state index contributed by atoms with van der Waals surface area (Å²) >= 11 is 0. The number of rotatable bonds is 6. The van der Waals surface area contributed by atoms with Crippen LogP contribution in [0.3, 0.4) is 0 Å². The number of aliphatic hydroxyl groups is 1. The predicted octanol–water partition coefficient (Wildman–Crippen LogP) is 2.69. The number of carbonyl (C=O) groups excluding carboxylic acids is 2. The minimum absolute atomic E-state index is 0.0142. The highest BCUT2D eigenvalue weighted by Crippen LogP contribution is 2.33. The normalized spacial score (nSPS) is 20.1. The fourth-order valence-corrected chi connectivity index (χ4v) is 4.32. The van der Waals surface area contributed by atoms with Gasteiger partial charge in [-0.05, 0) is 45.7 Å². The highest BCUT2D eigenvalue weighted by molar-refractivity contribution is 5.93. The molecule has 2 fully saturated rings. The first-order valence-corrected chi connectivity index (χ1v) is 12.2. The molecule has 192 valence electrons. The van der Waals surface area contributed by atoms with Crippen LogP contribution < -0.4 is 10.1 Å². The molecule has 5 rings (SSSR count). The highest BCUT2D eigenvalue weighted by atomic mass is 16.6. The van der Waals surface area contributed by atoms with Crippen LogP contribution >= 0.6 is 0 Å². The number of likely N-dealkylation sites (tertiary alicyclic amines) is 1. The average molecular weight is 497 g/mol. The van der Waals surface area contributed by atoms with Crippen molar-refractivity contribution in [3.63, 3.8) is 0 Å². The molecule has 0 unspecified atom stereocenters. The summed E-state index contributed by atoms with van der Waals surface area (Å²) in [6.07, 6.45) is 4.20. The van der Waals surface area contributed by atoms with E-state index < -0.39 is 17.8 Å². The lowest BCUT2D eigenvalue weighted by Crippen LogP contribution is -2.36. The molecule has 36 heavy (non-hydrogen) atoms. The van der Waals surface area contributed by atoms with Gasteiger partial charge < -0.3 is 24.8 Å². The number of hydrogen-bond donors (Lipinski definition) is 2. The van der Waals surface area contributed by atoms with Gasteiger partial charge in [-0.15, -0.1) is 0 Å². The van der Waals surface area contributed by atoms with Gasteiger partial charge in [0, 0.05) is 43.3 Å². The molecular formula is C25H32N6O5. The summed E-state index contributed by atoms with van der Waals surface area (Å²) in [5.41, 5.74) is 1.88. The van der Waals surface area contributed by atoms with Gasteiger partial charge in [0.05, 0.1) is 31.0 Å². The van der Waals surface area contributed by atoms with Gasteiger partial charge in [-0.2, -0.15) is 10.2 Å². The zero-order chi connectivity index (χ0) is 25.6. The van der Waals surface area contributed by atoms with Crippen molar-refractivity contribution in [3.8, 4) is 17.0 Å². The molecule has 0 spiro atoms. The van der Waals surface area contributed by atoms with Crippen molar-refractivity contribution in [3.05, 3.63) is 30.6 Å². The Morgan fingerprint density at radius 2 is 2.00 bits per heavy atom. The van der Waals surface area contributed by atoms with Gasteiger partial charge in [-0.3, -0.25) is 9.48 Å². The van der Waals surface area contributed by atoms with E-state index in [1.807, 2.05) is 52.2 Å². The molecule has 2 atom stereocenters. The molecule has 1 aliphatic heterocycles. The van der Waals surface area contributed by atoms with Crippen molar-refractivity contribution < 1.29 is 24.2 Å². The Balaban J connectivity index is 1.27. The van der Waals surface area contributed by atoms with Gasteiger partial charge in [-0.25, -0.2) is 9.31 Å². The van der Waals surface area contributed by atoms with E-state index in [9.17, 15) is 14.7 Å². The fourth-order valence-electron chi connectivity index (χ4n) is 4.32. The van der Waals surface area contributed by atoms with E-state index in [1.165, 1.54) is 4.90 Å². The van der Waals surface area contributed by atoms with Crippen molar-refractivity contribution in [1.82, 2.24) is 24.3 Å². The van der Waals surface area contributed by atoms with Crippen LogP contribution in [0.25, 0.3) is 16.8 Å². The second kappa shape index (κ2) is 9.12. The largest absolute Gasteiger partial charge is 0.489 e. The standard InChI is InChI=1S/C25H32N6O5/c1-25(2,3)36-24(34)30-12-17(19(32)13-30)14-35-20-11-26-29(4)22(20)16-7-8-31-18(9-16)10-21(28-31)27-23(33)15-5-6-15/h7-11,15,17,19,32H,5-6,12-14H2,1-4H3,(H,27,28,33)/t17-,19+/m1/s1. The molecule has 2 aliphatic rings. The number of β-amino-alcohol motifs (C(OH)–C–C–N with tert-alkyl or cyclic N) is 1. The number of nitrogens with zero attached hydrogens (tertiary/aromatic N) is 5. The second-order valence-corrected chi connectivity index (χ2v) is 10.6. The van der Waals surface area contributed by atoms with Gasteiger partial charge in [0.25, 0.3) is 0 Å². The van der Waals surface area contributed by atoms with Crippen LogP contribution in [0, 0.1) is 11.8 Å². The van der Waals surface area contributed by atoms with E-state index in [-0.39, 0.29) is 30.9 Å². The van der Waals surface area contributed by atoms with E-state index in [4.69, 9.17) is 9.47 Å². The summed E-state index contributed by atoms with van der Waals surface area (Å²) in [4.78, 5) is 26.0. The Hall–Kier alpha value is -3.60. The lowest BCUT2D eigenvalue weighted by atomic mass is 10.1. The van der Waals surface area contributed by atoms with E-state index in [0.29, 0.717) is 18.1 Å². The van der Waals surface area contributed by atoms with Crippen molar-refractivity contribution in [1.29, 1.82) is 0 Å². The third kappa shape index (κ3) is 5.15. The Morgan fingerprint density at radius 1 is 1.22 bits per heavy atom. The predicted molar refractivity (Wildman–Crippen MR) is 132 cm³/mol. The van der Waals surface area contributed by atoms with Crippen molar-refractivity contribution >= 4 is 23.3 Å². The van der Waals surface area contributed by atoms with Crippen LogP contribution in [0.5, 0.6) is 5.75 Å². The SMILES string of the molecule is Cn1ncc(OC[C@H]2CN(C(=O)OC(C)(C)C)C[C@@H]2O)c1-c1ccn2nc(NC(=O)C3CC3)cc2c1. The number of amides is 2. The minimum Gasteiger partial charge on any atom is -0.489 e. The Morgan fingerprint density at radius 3 is 2.72 bits per heavy atom. The number of aliphatic hydroxyl groups excluding tert-OH is 1. The Bertz CT molecular complexity index is 1290. The molecule has 0 aromatic carbocycles. The van der Waals surface area contributed by atoms with Gasteiger partial charge >= 0.3 is 6.09 Å². The lowest BCUT2D eigenvalue weighted by molar-refractivity contribution is -0.117. The fraction of sp³-hybridized carbons (Fsp3) is 0.520. The quantitative estimate of drug-likeness (QED) is 0.538. The smallest absolute Gasteiger partial charge is 0.410 e. The number of carbonyl (C=O) groups is 2. The van der Waals surface area contributed by atoms with Crippen LogP contribution in [0.15, 0.2) is 30.6 Å². The molecule has 4 heterocycles. The number of pyridine rings is 1. The maximum absolute atomic E-state index is 12.4. The number of ether oxygens (including phenoxy) is 2. The summed E-state index contributed by atoms with van der Waals surface area (Å²) in [7, 11) is 1.83. The molecular weight excluding hydrogens is 464 g/mol. The van der Waals surface area contributed by atoms with Crippen LogP contribution in [0.1, 0.15) is 33.6 Å². The molecule has 11 nitrogen and oxygen atoms in total. The van der Waals surface area contributed by atoms with Crippen molar-refractivity contribution in [2.75, 3.05) is 25.0 Å². The summed E-state index contributed by atoms with van der Waals surface area (Å²) < 4.78 is 15.0. The maximum Gasteiger partial charge on any atom is 0.410 e. The van der Waals surface area contributed by atoms with E-state index in [0.717, 1.165) is 29.6 Å². The number of aromatic nitrogens is 4. The van der Waals surface area contributed by atoms with Crippen molar-refractivity contribution in [2.24, 2.45) is 18.9 Å². The maximum atomic E-state index is 12.4. The van der Waals surface area contributed by atoms with Gasteiger partial charge in [-0.1, -0.05) is 0 Å². The Labute approximate surface area is 209 Å². The molecule has 0 radical (unpaired) electrons. The molecule has 0 bridgehead atoms. The van der Waals surface area contributed by atoms with Crippen molar-refractivity contribution in [2.45, 2.75) is 45.3 Å². The van der Waals surface area contributed by atoms with E-state index >= 15 is 0 Å². The van der Waals surface area contributed by atoms with Gasteiger partial charge in [0.1, 0.15) is 11.3 Å². The number of hydrogen-bond acceptors (Lipinski definition) is 7. The monoisotopic (exact) mass is 496 g/mol. The molecule has 2 N–H and O–H groups in total. The third-order valence-corrected chi connectivity index (χ3v) is 6.35. The molecule has 11 heteroatoms. The van der Waals surface area contributed by atoms with Crippen LogP contribution in [0.4, 0.5) is 10.6 Å². The summed E-state index contributed by atoms with van der Waals surface area (Å²) in [6, 6.07) is 5.70. The summed E-state index contributed by atoms with van der Waals surface area (Å²) in [5.74, 6) is 0.969. The lowest BCUT2D eigenvalue weighted by Gasteiger charge is -2.24. The first-order valence-electron chi connectivity index (χ1n) is 12.2. The first kappa shape index (κ1) is 24.1. The summed E-state index contributed by atoms with van der Waals surface area (Å²) in [5, 5.41) is 22.2. The molecule has 3 aromatic rings. The Kier molecular flexibility index (Phi) is 6.11. The van der Waals surface area contributed by atoms with E-state index in [2.05, 4.69) is 15.5 Å². The first-order chi connectivity index (χ1) is 17.1. The number of nitrogens with one attached hydrogen (secondary N) is 1. The van der Waals surface area contributed by atoms with Crippen LogP contribution in [0.2, 0.25) is 0 Å². The second-order valence-electron chi connectivity index (χ2n) is 10.6. The van der Waals surface area contributed by atoms with Crippen LogP contribution in [-0.2, 0) is 16.6 Å². The zero-order valence-corrected chi connectivity index (χ0v) is 21.0. The molecule has 2 amide bonds. The minimum atomic E-state index is -0.704. The molecule has 1 saturated heterocycles. The number of anilines is 1. The van der Waals surface area contributed by atoms with E-state index in [1.54, 1.807) is 15.4 Å². The molecule has 3 aromatic heterocycles. The summed E-state index contributed by atoms with van der Waals surface area (Å²) in [6.45, 7) is 6.23. The highest BCUT2D eigenvalue weighted by Gasteiger charge is 2.37. The molecule has 1 saturated carbocycles. The third-order valence-electron chi connectivity index (χ3n) is 6.35. The number of fused-ring (bicyclic) bond motifs is 1. The number of aryl methyl sites for hydroxylation is 1. The van der Waals surface area contributed by atoms with Gasteiger partial charge in [0.2, 0.25) is 5.91 Å².